The molecule has 0 aromatic rings. The molecule has 3 N–H and O–H groups in total. The molecule has 0 aliphatic rings. The first-order valence-electron chi connectivity index (χ1n) is 24.9. The lowest BCUT2D eigenvalue weighted by Crippen LogP contribution is -2.30. The van der Waals surface area contributed by atoms with Gasteiger partial charge in [0.2, 0.25) is 0 Å². The van der Waals surface area contributed by atoms with Gasteiger partial charge >= 0.3 is 39.5 Å². The maximum Gasteiger partial charge on any atom is 0.472 e. The Labute approximate surface area is 397 Å². The monoisotopic (exact) mass is 987 g/mol. The van der Waals surface area contributed by atoms with E-state index in [-0.39, 0.29) is 25.7 Å². The van der Waals surface area contributed by atoms with Crippen LogP contribution in [0.25, 0.3) is 0 Å². The number of phosphoric acid groups is 2. The molecular weight excluding hydrogens is 898 g/mol. The van der Waals surface area contributed by atoms with Crippen LogP contribution in [0.2, 0.25) is 0 Å². The van der Waals surface area contributed by atoms with Crippen molar-refractivity contribution in [2.45, 2.75) is 225 Å². The van der Waals surface area contributed by atoms with Crippen LogP contribution in [0.3, 0.4) is 0 Å². The van der Waals surface area contributed by atoms with Crippen molar-refractivity contribution in [1.82, 2.24) is 0 Å². The average molecular weight is 987 g/mol. The Morgan fingerprint density at radius 2 is 0.742 bits per heavy atom. The van der Waals surface area contributed by atoms with Crippen LogP contribution in [0.1, 0.15) is 206 Å². The van der Waals surface area contributed by atoms with E-state index in [0.29, 0.717) is 25.7 Å². The van der Waals surface area contributed by atoms with Crippen LogP contribution < -0.4 is 0 Å². The molecule has 0 amide bonds. The number of rotatable bonds is 48. The maximum atomic E-state index is 12.8. The lowest BCUT2D eigenvalue weighted by molar-refractivity contribution is -0.161. The van der Waals surface area contributed by atoms with Gasteiger partial charge in [0.15, 0.2) is 12.2 Å². The highest BCUT2D eigenvalue weighted by molar-refractivity contribution is 7.47. The van der Waals surface area contributed by atoms with Gasteiger partial charge in [-0.05, 0) is 12.8 Å². The topological polar surface area (TPSA) is 237 Å². The zero-order chi connectivity index (χ0) is 49.2. The Kier molecular flexibility index (Phi) is 41.8. The number of esters is 4. The predicted molar refractivity (Wildman–Crippen MR) is 252 cm³/mol. The SMILES string of the molecule is [CH2-]CCCCCCCCCCC(=O)OC[C@H](COP(=O)(O)OC[C@@H](O)COP(=O)(O)OC[C@@H](COC(=O)CC)OC(=O)CCC[CH2-])OC(=O)CCCCCCCCCCCCCCCCC. The van der Waals surface area contributed by atoms with Gasteiger partial charge in [0.1, 0.15) is 19.3 Å². The Morgan fingerprint density at radius 1 is 0.424 bits per heavy atom. The van der Waals surface area contributed by atoms with Crippen molar-refractivity contribution in [2.75, 3.05) is 39.6 Å². The molecule has 19 heteroatoms. The molecule has 66 heavy (non-hydrogen) atoms. The minimum Gasteiger partial charge on any atom is -0.462 e. The van der Waals surface area contributed by atoms with Crippen molar-refractivity contribution >= 4 is 39.5 Å². The first-order valence-corrected chi connectivity index (χ1v) is 27.9. The van der Waals surface area contributed by atoms with Crippen molar-refractivity contribution in [1.29, 1.82) is 0 Å². The molecule has 2 unspecified atom stereocenters. The first-order chi connectivity index (χ1) is 31.7. The summed E-state index contributed by atoms with van der Waals surface area (Å²) in [5, 5.41) is 10.3. The fourth-order valence-electron chi connectivity index (χ4n) is 6.52. The van der Waals surface area contributed by atoms with E-state index in [1.807, 2.05) is 0 Å². The van der Waals surface area contributed by atoms with E-state index < -0.39 is 97.5 Å². The summed E-state index contributed by atoms with van der Waals surface area (Å²) in [7, 11) is -9.81. The summed E-state index contributed by atoms with van der Waals surface area (Å²) in [6.45, 7) is 7.22. The summed E-state index contributed by atoms with van der Waals surface area (Å²) >= 11 is 0. The third-order valence-corrected chi connectivity index (χ3v) is 12.4. The number of ether oxygens (including phenoxy) is 4. The number of hydrogen-bond acceptors (Lipinski definition) is 15. The summed E-state index contributed by atoms with van der Waals surface area (Å²) < 4.78 is 65.7. The number of carbonyl (C=O) groups excluding carboxylic acids is 4. The molecule has 0 saturated carbocycles. The molecule has 0 aromatic carbocycles. The molecule has 0 fully saturated rings. The van der Waals surface area contributed by atoms with Crippen molar-refractivity contribution in [3.05, 3.63) is 13.8 Å². The number of aliphatic hydroxyl groups is 1. The van der Waals surface area contributed by atoms with Crippen LogP contribution in [-0.4, -0.2) is 96.7 Å². The quantitative estimate of drug-likeness (QED) is 0.0169. The van der Waals surface area contributed by atoms with Gasteiger partial charge in [-0.25, -0.2) is 9.13 Å². The molecule has 0 bridgehead atoms. The fourth-order valence-corrected chi connectivity index (χ4v) is 8.10. The summed E-state index contributed by atoms with van der Waals surface area (Å²) in [6.07, 6.45) is 23.8. The largest absolute Gasteiger partial charge is 0.472 e. The molecule has 0 spiro atoms. The smallest absolute Gasteiger partial charge is 0.462 e. The molecule has 5 atom stereocenters. The molecule has 17 nitrogen and oxygen atoms in total. The second kappa shape index (κ2) is 43.1. The maximum absolute atomic E-state index is 12.8. The highest BCUT2D eigenvalue weighted by Crippen LogP contribution is 2.45. The Morgan fingerprint density at radius 3 is 1.12 bits per heavy atom. The molecule has 0 saturated heterocycles. The van der Waals surface area contributed by atoms with Gasteiger partial charge in [0.05, 0.1) is 26.4 Å². The van der Waals surface area contributed by atoms with E-state index in [0.717, 1.165) is 64.2 Å². The van der Waals surface area contributed by atoms with Gasteiger partial charge < -0.3 is 47.7 Å². The normalized spacial score (nSPS) is 14.7. The highest BCUT2D eigenvalue weighted by atomic mass is 31.2. The summed E-state index contributed by atoms with van der Waals surface area (Å²) in [5.74, 6) is -2.36. The van der Waals surface area contributed by atoms with E-state index in [9.17, 15) is 43.2 Å². The molecule has 0 aliphatic carbocycles. The van der Waals surface area contributed by atoms with Gasteiger partial charge in [-0.15, -0.1) is 0 Å². The summed E-state index contributed by atoms with van der Waals surface area (Å²) in [4.78, 5) is 69.4. The van der Waals surface area contributed by atoms with E-state index in [2.05, 4.69) is 20.8 Å². The Balaban J connectivity index is 4.95. The lowest BCUT2D eigenvalue weighted by Gasteiger charge is -2.21. The summed E-state index contributed by atoms with van der Waals surface area (Å²) in [5.41, 5.74) is 0. The summed E-state index contributed by atoms with van der Waals surface area (Å²) in [6, 6.07) is 0. The number of hydrogen-bond donors (Lipinski definition) is 3. The molecule has 0 aliphatic heterocycles. The molecule has 0 aromatic heterocycles. The van der Waals surface area contributed by atoms with Crippen molar-refractivity contribution in [3.8, 4) is 0 Å². The molecule has 0 rings (SSSR count). The van der Waals surface area contributed by atoms with Gasteiger partial charge in [-0.3, -0.25) is 37.3 Å². The minimum atomic E-state index is -4.92. The zero-order valence-electron chi connectivity index (χ0n) is 40.6. The lowest BCUT2D eigenvalue weighted by atomic mass is 10.0. The standard InChI is InChI=1S/C47H88O17P2/c1-5-9-12-14-16-18-19-20-21-22-23-25-27-29-31-34-47(52)64-43(38-58-45(50)33-30-28-26-24-17-15-13-10-6-2)40-62-66(55,56)60-36-41(48)35-59-65(53,54)61-39-42(37-57-44(49)8-4)63-46(51)32-11-7-3/h41-43,48H,2-3,5-40H2,1,4H3,(H,53,54)(H,55,56)/q-2/t41-,42+,43+/m0/s1. The van der Waals surface area contributed by atoms with Crippen LogP contribution in [0, 0.1) is 13.8 Å². The Hall–Kier alpha value is -1.94. The van der Waals surface area contributed by atoms with Crippen LogP contribution in [-0.2, 0) is 65.4 Å². The number of aliphatic hydroxyl groups excluding tert-OH is 1. The minimum absolute atomic E-state index is 0.0107. The van der Waals surface area contributed by atoms with Gasteiger partial charge in [0.25, 0.3) is 0 Å². The van der Waals surface area contributed by atoms with Crippen LogP contribution >= 0.6 is 15.6 Å². The Bertz CT molecular complexity index is 1320. The highest BCUT2D eigenvalue weighted by Gasteiger charge is 2.30. The zero-order valence-corrected chi connectivity index (χ0v) is 42.3. The van der Waals surface area contributed by atoms with Crippen molar-refractivity contribution in [3.63, 3.8) is 0 Å². The first kappa shape index (κ1) is 64.1. The van der Waals surface area contributed by atoms with Crippen LogP contribution in [0.4, 0.5) is 0 Å². The van der Waals surface area contributed by atoms with E-state index in [1.165, 1.54) is 77.0 Å². The molecule has 0 radical (unpaired) electrons. The number of carbonyl (C=O) groups is 4. The van der Waals surface area contributed by atoms with E-state index in [4.69, 9.17) is 37.0 Å². The third kappa shape index (κ3) is 42.2. The predicted octanol–water partition coefficient (Wildman–Crippen LogP) is 10.9. The molecule has 0 heterocycles. The third-order valence-electron chi connectivity index (χ3n) is 10.4. The van der Waals surface area contributed by atoms with Gasteiger partial charge in [-0.2, -0.15) is 12.8 Å². The molecular formula is C47H88O17P2-2. The second-order valence-corrected chi connectivity index (χ2v) is 19.7. The van der Waals surface area contributed by atoms with E-state index in [1.54, 1.807) is 6.92 Å². The van der Waals surface area contributed by atoms with Crippen LogP contribution in [0.15, 0.2) is 0 Å². The molecule has 390 valence electrons. The van der Waals surface area contributed by atoms with Gasteiger partial charge in [0, 0.05) is 25.7 Å². The van der Waals surface area contributed by atoms with Crippen molar-refractivity contribution in [2.24, 2.45) is 0 Å². The number of phosphoric ester groups is 2. The second-order valence-electron chi connectivity index (χ2n) is 16.8. The number of unbranched alkanes of at least 4 members (excludes halogenated alkanes) is 23. The van der Waals surface area contributed by atoms with Crippen LogP contribution in [0.5, 0.6) is 0 Å². The van der Waals surface area contributed by atoms with Gasteiger partial charge in [-0.1, -0.05) is 155 Å². The fraction of sp³-hybridized carbons (Fsp3) is 0.872. The average Bonchev–Trinajstić information content (AvgIpc) is 3.29. The van der Waals surface area contributed by atoms with Crippen molar-refractivity contribution < 1.29 is 80.2 Å². The van der Waals surface area contributed by atoms with E-state index >= 15 is 0 Å².